The molecular weight excluding hydrogens is 1330 g/mol. The minimum absolute atomic E-state index is 0.0396. The lowest BCUT2D eigenvalue weighted by Gasteiger charge is -2.43. The number of imidazole rings is 1. The normalized spacial score (nSPS) is 22.6. The van der Waals surface area contributed by atoms with Crippen LogP contribution in [0.5, 0.6) is 5.75 Å². The molecule has 31 nitrogen and oxygen atoms in total. The van der Waals surface area contributed by atoms with Gasteiger partial charge >= 0.3 is 28.5 Å². The number of carbonyl (C=O) groups is 2. The number of aliphatic hydroxyl groups is 1. The number of anilines is 2. The maximum atomic E-state index is 13.5. The van der Waals surface area contributed by atoms with E-state index < -0.39 is 107 Å². The molecule has 7 atom stereocenters. The van der Waals surface area contributed by atoms with Crippen molar-refractivity contribution in [3.8, 4) is 5.75 Å². The van der Waals surface area contributed by atoms with Crippen molar-refractivity contribution >= 4 is 112 Å². The Labute approximate surface area is 534 Å². The molecule has 0 bridgehead atoms. The van der Waals surface area contributed by atoms with Gasteiger partial charge in [-0.05, 0) is 94.7 Å². The van der Waals surface area contributed by atoms with Gasteiger partial charge in [0.2, 0.25) is 17.5 Å². The third-order valence-electron chi connectivity index (χ3n) is 15.4. The first-order valence-corrected chi connectivity index (χ1v) is 37.2. The van der Waals surface area contributed by atoms with Crippen molar-refractivity contribution in [1.29, 1.82) is 0 Å². The Hall–Kier alpha value is -6.13. The third-order valence-corrected chi connectivity index (χ3v) is 21.4. The van der Waals surface area contributed by atoms with E-state index in [9.17, 15) is 74.1 Å². The molecule has 12 N–H and O–H groups in total. The number of aliphatic hydroxyl groups excluding tert-OH is 1. The number of carbonyl (C=O) groups excluding carboxylic acids is 2. The average Bonchev–Trinajstić information content (AvgIpc) is 1.36. The van der Waals surface area contributed by atoms with Crippen LogP contribution in [0.3, 0.4) is 0 Å². The molecule has 8 rings (SSSR count). The highest BCUT2D eigenvalue weighted by Crippen LogP contribution is 2.66. The molecule has 4 aromatic rings. The van der Waals surface area contributed by atoms with Gasteiger partial charge < -0.3 is 60.2 Å². The van der Waals surface area contributed by atoms with Crippen LogP contribution in [0.15, 0.2) is 94.6 Å². The monoisotopic (exact) mass is 1400 g/mol. The number of nitrogen functional groups attached to an aromatic ring is 1. The molecule has 0 radical (unpaired) electrons. The van der Waals surface area contributed by atoms with Gasteiger partial charge in [-0.15, -0.1) is 0 Å². The van der Waals surface area contributed by atoms with Gasteiger partial charge in [0.15, 0.2) is 29.2 Å². The van der Waals surface area contributed by atoms with Crippen LogP contribution in [0, 0.1) is 5.41 Å². The number of aromatic nitrogens is 4. The van der Waals surface area contributed by atoms with E-state index in [0.29, 0.717) is 22.7 Å². The van der Waals surface area contributed by atoms with Gasteiger partial charge in [-0.2, -0.15) is 30.7 Å². The van der Waals surface area contributed by atoms with Crippen LogP contribution in [-0.2, 0) is 74.0 Å². The highest BCUT2D eigenvalue weighted by atomic mass is 32.5. The van der Waals surface area contributed by atoms with Gasteiger partial charge in [-0.25, -0.2) is 23.2 Å². The number of allylic oxidation sites excluding steroid dienone is 9. The minimum Gasteiger partial charge on any atom is -0.460 e. The summed E-state index contributed by atoms with van der Waals surface area (Å²) in [7, 11) is -20.6. The number of hydrogen-bond donors (Lipinski definition) is 11. The van der Waals surface area contributed by atoms with Crippen molar-refractivity contribution in [3.05, 3.63) is 112 Å². The average molecular weight is 1400 g/mol. The van der Waals surface area contributed by atoms with E-state index in [-0.39, 0.29) is 73.4 Å². The van der Waals surface area contributed by atoms with Gasteiger partial charge in [0.1, 0.15) is 30.3 Å². The van der Waals surface area contributed by atoms with Crippen LogP contribution >= 0.6 is 22.4 Å². The number of nitrogens with two attached hydrogens (primary N) is 1. The van der Waals surface area contributed by atoms with Crippen LogP contribution < -0.4 is 31.6 Å². The molecule has 6 heterocycles. The Balaban J connectivity index is 0.973. The second kappa shape index (κ2) is 27.3. The quantitative estimate of drug-likeness (QED) is 0.0120. The van der Waals surface area contributed by atoms with Crippen molar-refractivity contribution in [1.82, 2.24) is 30.2 Å². The van der Waals surface area contributed by atoms with Crippen LogP contribution in [0.25, 0.3) is 22.3 Å². The summed E-state index contributed by atoms with van der Waals surface area (Å²) in [6.07, 6.45) is 6.25. The fraction of sp³-hybridized carbons (Fsp3) is 0.455. The lowest BCUT2D eigenvalue weighted by Crippen LogP contribution is -2.45. The second-order valence-electron chi connectivity index (χ2n) is 23.7. The number of likely N-dealkylation sites (N-methyl/N-ethyl adjacent to an activating group) is 1. The summed E-state index contributed by atoms with van der Waals surface area (Å²) in [4.78, 5) is 89.9. The number of ether oxygens (including phenoxy) is 3. The third kappa shape index (κ3) is 17.0. The topological polar surface area (TPSA) is 453 Å². The molecule has 0 aliphatic carbocycles. The molecule has 2 amide bonds. The van der Waals surface area contributed by atoms with Crippen LogP contribution in [0.1, 0.15) is 104 Å². The Morgan fingerprint density at radius 3 is 2.35 bits per heavy atom. The number of phosphoric ester groups is 1. The van der Waals surface area contributed by atoms with Crippen LogP contribution in [-0.4, -0.2) is 155 Å². The number of amides is 2. The summed E-state index contributed by atoms with van der Waals surface area (Å²) in [6.45, 7) is 10.8. The summed E-state index contributed by atoms with van der Waals surface area (Å²) in [6, 6.07) is 8.27. The van der Waals surface area contributed by atoms with E-state index in [0.717, 1.165) is 51.2 Å². The molecule has 1 fully saturated rings. The van der Waals surface area contributed by atoms with E-state index in [1.54, 1.807) is 22.8 Å². The summed E-state index contributed by atoms with van der Waals surface area (Å²) >= 11 is 4.10. The Morgan fingerprint density at radius 2 is 1.68 bits per heavy atom. The summed E-state index contributed by atoms with van der Waals surface area (Å²) in [5.41, 5.74) is 9.32. The lowest BCUT2D eigenvalue weighted by atomic mass is 9.75. The summed E-state index contributed by atoms with van der Waals surface area (Å²) < 4.78 is 127. The maximum Gasteiger partial charge on any atom is 0.488 e. The zero-order valence-corrected chi connectivity index (χ0v) is 56.2. The smallest absolute Gasteiger partial charge is 0.460 e. The molecular formula is C55H73N9O22P3S3+. The predicted molar refractivity (Wildman–Crippen MR) is 340 cm³/mol. The first-order valence-electron chi connectivity index (χ1n) is 28.5. The molecule has 37 heteroatoms. The number of nitrogens with one attached hydrogen (secondary N) is 3. The van der Waals surface area contributed by atoms with E-state index >= 15 is 0 Å². The minimum atomic E-state index is -5.77. The van der Waals surface area contributed by atoms with E-state index in [4.69, 9.17) is 24.5 Å². The van der Waals surface area contributed by atoms with E-state index in [1.807, 2.05) is 25.2 Å². The fourth-order valence-electron chi connectivity index (χ4n) is 11.4. The van der Waals surface area contributed by atoms with Crippen LogP contribution in [0.4, 0.5) is 22.1 Å². The molecule has 4 aliphatic rings. The largest absolute Gasteiger partial charge is 0.488 e. The summed E-state index contributed by atoms with van der Waals surface area (Å²) in [5, 5.41) is 16.5. The molecule has 502 valence electrons. The molecule has 1 saturated heterocycles. The van der Waals surface area contributed by atoms with E-state index in [2.05, 4.69) is 118 Å². The number of H-pyrrole nitrogens is 1. The van der Waals surface area contributed by atoms with Gasteiger partial charge in [-0.1, -0.05) is 51.2 Å². The van der Waals surface area contributed by atoms with Gasteiger partial charge in [0.25, 0.3) is 25.8 Å². The maximum absolute atomic E-state index is 13.5. The molecule has 0 spiro atoms. The van der Waals surface area contributed by atoms with Gasteiger partial charge in [-0.3, -0.25) is 32.8 Å². The predicted octanol–water partition coefficient (Wildman–Crippen LogP) is 5.92. The fourth-order valence-corrected chi connectivity index (χ4v) is 16.2. The highest BCUT2D eigenvalue weighted by molar-refractivity contribution is 8.08. The standard InChI is InChI=1S/C55H72N9O22P3S3/c1-9-64-39-28-40-36(27-35(39)32(2)29-54(64,6)7)33(25-43(82-40)53(3,4)5)15-11-10-12-16-42-55(8,37-26-34(92(78,79)80)18-19-38(37)62(42)23-14-24-91(75,76)77)20-13-17-44(65)57-21-22-58-52(68)84-47-41(30-81-87(69,70)85-88(71,72)86-89(73,74)90)83-50(46(47)66)63-31-59-45-48(63)60-51(56)61-49(45)67/h10-12,15-16,18-19,25-29,31,41,46-47,50,66H,9,13-14,17,20-24,30H2,1-8H3,(H10-,56,57,58,60,61,65,67,68,69,70,71,72,73,74,75,76,77,78,79,80,90)/p+1/t41-,46-,47-,50-,55?/m1/s1. The molecule has 4 aliphatic heterocycles. The number of alkyl carbamates (subject to hydrolysis) is 1. The van der Waals surface area contributed by atoms with Crippen LogP contribution in [0.2, 0.25) is 0 Å². The van der Waals surface area contributed by atoms with Crippen molar-refractivity contribution < 1.29 is 101 Å². The molecule has 3 unspecified atom stereocenters. The number of nitrogens with zero attached hydrogens (tertiary/aromatic N) is 5. The first kappa shape index (κ1) is 71.7. The Bertz CT molecular complexity index is 4230. The lowest BCUT2D eigenvalue weighted by molar-refractivity contribution is -0.437. The van der Waals surface area contributed by atoms with Crippen molar-refractivity contribution in [3.63, 3.8) is 0 Å². The summed E-state index contributed by atoms with van der Waals surface area (Å²) in [5.74, 6) is 0.0101. The van der Waals surface area contributed by atoms with Crippen molar-refractivity contribution in [2.45, 2.75) is 121 Å². The number of benzene rings is 2. The van der Waals surface area contributed by atoms with Crippen molar-refractivity contribution in [2.24, 2.45) is 5.41 Å². The second-order valence-corrected chi connectivity index (χ2v) is 32.5. The zero-order chi connectivity index (χ0) is 67.9. The van der Waals surface area contributed by atoms with E-state index in [1.165, 1.54) is 18.2 Å². The van der Waals surface area contributed by atoms with Gasteiger partial charge in [0, 0.05) is 78.5 Å². The number of fused-ring (bicyclic) bond motifs is 4. The number of phosphoric acid groups is 2. The first-order chi connectivity index (χ1) is 42.6. The molecule has 2 aromatic carbocycles. The highest BCUT2D eigenvalue weighted by Gasteiger charge is 2.51. The Morgan fingerprint density at radius 1 is 0.978 bits per heavy atom. The molecule has 2 aromatic heterocycles. The zero-order valence-electron chi connectivity index (χ0n) is 51.0. The number of aromatic amines is 1. The van der Waals surface area contributed by atoms with Gasteiger partial charge in [0.05, 0.1) is 34.5 Å². The molecule has 0 saturated carbocycles. The van der Waals surface area contributed by atoms with Crippen molar-refractivity contribution in [2.75, 3.05) is 49.2 Å². The Kier molecular flexibility index (Phi) is 21.3. The number of rotatable bonds is 25. The SMILES string of the molecule is CCN1c2cc3c(cc2C(C)=CC1(C)C)C(=CC=CC=CC1=[N+](CCCS(=O)(=O)O)c2ccc(S(=O)(=O)O)cc2C1(C)CCCC(=O)NCCNC(=O)O[C@H]1[C@@H](O)[C@H](n2cnc4c(=O)[nH]c(N)nc42)O[C@@H]1COP(=O)(O)OP(=O)(O)OP(O)(O)=S)C=C(C(C)(C)C)O3. The molecule has 92 heavy (non-hydrogen) atoms. The number of hydrogen-bond acceptors (Lipinski definition) is 21.